The molecule has 3 heterocycles. The van der Waals surface area contributed by atoms with Crippen molar-refractivity contribution >= 4 is 23.1 Å². The molecule has 0 amide bonds. The van der Waals surface area contributed by atoms with Crippen LogP contribution in [0, 0.1) is 0 Å². The summed E-state index contributed by atoms with van der Waals surface area (Å²) in [5.41, 5.74) is 15.9. The molecular formula is C29H40N6O4. The van der Waals surface area contributed by atoms with Crippen LogP contribution in [0.25, 0.3) is 0 Å². The second kappa shape index (κ2) is 11.8. The zero-order chi connectivity index (χ0) is 28.3. The molecule has 0 unspecified atom stereocenters. The van der Waals surface area contributed by atoms with Gasteiger partial charge in [-0.3, -0.25) is 0 Å². The second-order valence-electron chi connectivity index (χ2n) is 10.3. The van der Waals surface area contributed by atoms with Crippen LogP contribution in [0.3, 0.4) is 0 Å². The summed E-state index contributed by atoms with van der Waals surface area (Å²) in [5, 5.41) is 0. The first-order chi connectivity index (χ1) is 18.6. The molecule has 0 aliphatic carbocycles. The Morgan fingerprint density at radius 1 is 0.795 bits per heavy atom. The summed E-state index contributed by atoms with van der Waals surface area (Å²) in [6.07, 6.45) is 1.48. The van der Waals surface area contributed by atoms with Gasteiger partial charge in [0.1, 0.15) is 36.2 Å². The van der Waals surface area contributed by atoms with Gasteiger partial charge in [-0.2, -0.15) is 4.98 Å². The molecule has 4 N–H and O–H groups in total. The van der Waals surface area contributed by atoms with Crippen molar-refractivity contribution in [2.75, 3.05) is 68.8 Å². The van der Waals surface area contributed by atoms with E-state index < -0.39 is 0 Å². The molecule has 10 nitrogen and oxygen atoms in total. The minimum absolute atomic E-state index is 0.120. The van der Waals surface area contributed by atoms with Gasteiger partial charge in [0.25, 0.3) is 0 Å². The lowest BCUT2D eigenvalue weighted by Gasteiger charge is -2.29. The normalized spacial score (nSPS) is 14.1. The van der Waals surface area contributed by atoms with Crippen LogP contribution < -0.4 is 40.2 Å². The van der Waals surface area contributed by atoms with Gasteiger partial charge in [-0.25, -0.2) is 4.98 Å². The van der Waals surface area contributed by atoms with Gasteiger partial charge in [0.2, 0.25) is 5.95 Å². The Labute approximate surface area is 230 Å². The summed E-state index contributed by atoms with van der Waals surface area (Å²) in [6, 6.07) is 8.18. The number of likely N-dealkylation sites (N-methyl/N-ethyl adjacent to an activating group) is 2. The molecule has 3 aromatic rings. The number of ether oxygens (including phenoxy) is 4. The van der Waals surface area contributed by atoms with Crippen LogP contribution in [0.2, 0.25) is 0 Å². The van der Waals surface area contributed by atoms with E-state index in [0.29, 0.717) is 24.0 Å². The van der Waals surface area contributed by atoms with Gasteiger partial charge in [0, 0.05) is 26.2 Å². The average molecular weight is 537 g/mol. The highest BCUT2D eigenvalue weighted by atomic mass is 16.5. The molecule has 0 spiro atoms. The van der Waals surface area contributed by atoms with Gasteiger partial charge in [-0.15, -0.1) is 0 Å². The zero-order valence-electron chi connectivity index (χ0n) is 23.9. The van der Waals surface area contributed by atoms with Crippen LogP contribution in [-0.2, 0) is 0 Å². The van der Waals surface area contributed by atoms with Gasteiger partial charge < -0.3 is 40.2 Å². The van der Waals surface area contributed by atoms with Crippen LogP contribution in [0.4, 0.5) is 23.1 Å². The Balaban J connectivity index is 0.000000193. The molecule has 2 aromatic carbocycles. The number of rotatable bonds is 5. The van der Waals surface area contributed by atoms with Crippen molar-refractivity contribution in [3.05, 3.63) is 41.6 Å². The van der Waals surface area contributed by atoms with Gasteiger partial charge in [0.15, 0.2) is 11.6 Å². The molecule has 2 aliphatic heterocycles. The van der Waals surface area contributed by atoms with E-state index in [2.05, 4.69) is 73.7 Å². The van der Waals surface area contributed by atoms with Crippen molar-refractivity contribution < 1.29 is 18.9 Å². The first-order valence-corrected chi connectivity index (χ1v) is 13.2. The standard InChI is InChI=1S/C16H21N5O2.C13H19NO2/c1-9(2)10-6-11-13(22-5-4-21(11)3)7-12(10)23-14-8-19-16(18)20-15(14)17;1-9(2)10-7-11-13(8-12(10)15-4)16-6-5-14(11)3/h6-9H,4-5H2,1-3H3,(H4,17,18,19,20);7-9H,5-6H2,1-4H3. The van der Waals surface area contributed by atoms with Crippen molar-refractivity contribution in [1.82, 2.24) is 9.97 Å². The van der Waals surface area contributed by atoms with Crippen molar-refractivity contribution in [1.29, 1.82) is 0 Å². The number of benzene rings is 2. The SMILES string of the molecule is CC(C)c1cc2c(cc1Oc1cnc(N)nc1N)OCCN2C.COc1cc2c(cc1C(C)C)N(C)CCO2. The van der Waals surface area contributed by atoms with Crippen LogP contribution in [0.5, 0.6) is 28.7 Å². The van der Waals surface area contributed by atoms with E-state index in [1.54, 1.807) is 7.11 Å². The number of anilines is 4. The maximum absolute atomic E-state index is 5.95. The van der Waals surface area contributed by atoms with Crippen molar-refractivity contribution in [2.45, 2.75) is 39.5 Å². The third kappa shape index (κ3) is 6.16. The van der Waals surface area contributed by atoms with Crippen LogP contribution in [0.15, 0.2) is 30.5 Å². The molecule has 0 fully saturated rings. The fourth-order valence-electron chi connectivity index (χ4n) is 4.55. The fourth-order valence-corrected chi connectivity index (χ4v) is 4.55. The molecule has 1 aromatic heterocycles. The van der Waals surface area contributed by atoms with Crippen molar-refractivity contribution in [3.63, 3.8) is 0 Å². The Hall–Kier alpha value is -4.08. The lowest BCUT2D eigenvalue weighted by molar-refractivity contribution is 0.308. The Bertz CT molecular complexity index is 1300. The predicted octanol–water partition coefficient (Wildman–Crippen LogP) is 5.03. The number of nitrogens with two attached hydrogens (primary N) is 2. The topological polar surface area (TPSA) is 121 Å². The average Bonchev–Trinajstić information content (AvgIpc) is 2.90. The lowest BCUT2D eigenvalue weighted by Crippen LogP contribution is -2.29. The first kappa shape index (κ1) is 27.9. The minimum atomic E-state index is 0.120. The third-order valence-corrected chi connectivity index (χ3v) is 6.86. The highest BCUT2D eigenvalue weighted by molar-refractivity contribution is 5.66. The highest BCUT2D eigenvalue weighted by Gasteiger charge is 2.22. The largest absolute Gasteiger partial charge is 0.496 e. The summed E-state index contributed by atoms with van der Waals surface area (Å²) in [4.78, 5) is 12.3. The Morgan fingerprint density at radius 3 is 1.79 bits per heavy atom. The number of hydrogen-bond donors (Lipinski definition) is 2. The highest BCUT2D eigenvalue weighted by Crippen LogP contribution is 2.42. The van der Waals surface area contributed by atoms with E-state index in [-0.39, 0.29) is 17.7 Å². The molecular weight excluding hydrogens is 496 g/mol. The van der Waals surface area contributed by atoms with E-state index in [1.165, 1.54) is 11.8 Å². The zero-order valence-corrected chi connectivity index (χ0v) is 23.9. The van der Waals surface area contributed by atoms with E-state index in [9.17, 15) is 0 Å². The maximum atomic E-state index is 5.95. The summed E-state index contributed by atoms with van der Waals surface area (Å²) in [7, 11) is 5.86. The Kier molecular flexibility index (Phi) is 8.42. The number of nitrogen functional groups attached to an aromatic ring is 2. The maximum Gasteiger partial charge on any atom is 0.222 e. The molecule has 0 radical (unpaired) electrons. The molecule has 210 valence electrons. The quantitative estimate of drug-likeness (QED) is 0.459. The van der Waals surface area contributed by atoms with Crippen LogP contribution in [0.1, 0.15) is 50.7 Å². The van der Waals surface area contributed by atoms with E-state index in [1.807, 2.05) is 12.1 Å². The van der Waals surface area contributed by atoms with E-state index in [0.717, 1.165) is 53.9 Å². The van der Waals surface area contributed by atoms with Crippen LogP contribution >= 0.6 is 0 Å². The molecule has 0 saturated heterocycles. The number of aromatic nitrogens is 2. The Morgan fingerprint density at radius 2 is 1.31 bits per heavy atom. The third-order valence-electron chi connectivity index (χ3n) is 6.86. The van der Waals surface area contributed by atoms with Crippen molar-refractivity contribution in [3.8, 4) is 28.7 Å². The molecule has 0 atom stereocenters. The molecule has 39 heavy (non-hydrogen) atoms. The van der Waals surface area contributed by atoms with Gasteiger partial charge >= 0.3 is 0 Å². The number of hydrogen-bond acceptors (Lipinski definition) is 10. The predicted molar refractivity (Wildman–Crippen MR) is 156 cm³/mol. The van der Waals surface area contributed by atoms with E-state index in [4.69, 9.17) is 30.4 Å². The molecule has 0 bridgehead atoms. The summed E-state index contributed by atoms with van der Waals surface area (Å²) in [6.45, 7) is 11.8. The number of nitrogens with zero attached hydrogens (tertiary/aromatic N) is 4. The molecule has 2 aliphatic rings. The number of fused-ring (bicyclic) bond motifs is 2. The summed E-state index contributed by atoms with van der Waals surface area (Å²) in [5.74, 6) is 4.78. The minimum Gasteiger partial charge on any atom is -0.496 e. The molecule has 5 rings (SSSR count). The molecule has 0 saturated carbocycles. The smallest absolute Gasteiger partial charge is 0.222 e. The van der Waals surface area contributed by atoms with Gasteiger partial charge in [-0.1, -0.05) is 27.7 Å². The molecule has 10 heteroatoms. The number of methoxy groups -OCH3 is 1. The summed E-state index contributed by atoms with van der Waals surface area (Å²) >= 11 is 0. The first-order valence-electron chi connectivity index (χ1n) is 13.2. The van der Waals surface area contributed by atoms with Gasteiger partial charge in [0.05, 0.1) is 37.8 Å². The lowest BCUT2D eigenvalue weighted by atomic mass is 10.00. The van der Waals surface area contributed by atoms with Crippen molar-refractivity contribution in [2.24, 2.45) is 0 Å². The summed E-state index contributed by atoms with van der Waals surface area (Å²) < 4.78 is 22.8. The van der Waals surface area contributed by atoms with E-state index >= 15 is 0 Å². The second-order valence-corrected chi connectivity index (χ2v) is 10.3. The monoisotopic (exact) mass is 536 g/mol. The van der Waals surface area contributed by atoms with Crippen LogP contribution in [-0.4, -0.2) is 57.5 Å². The van der Waals surface area contributed by atoms with Gasteiger partial charge in [-0.05, 0) is 35.1 Å². The fraction of sp³-hybridized carbons (Fsp3) is 0.448.